The molecule has 0 fully saturated rings. The summed E-state index contributed by atoms with van der Waals surface area (Å²) in [5.41, 5.74) is 0.843. The highest BCUT2D eigenvalue weighted by Gasteiger charge is 2.32. The molecule has 0 saturated heterocycles. The second-order valence-corrected chi connectivity index (χ2v) is 8.30. The van der Waals surface area contributed by atoms with Gasteiger partial charge in [0.05, 0.1) is 19.3 Å². The first-order chi connectivity index (χ1) is 11.4. The van der Waals surface area contributed by atoms with Crippen LogP contribution in [0.15, 0.2) is 29.2 Å². The summed E-state index contributed by atoms with van der Waals surface area (Å²) >= 11 is 1.31. The monoisotopic (exact) mass is 367 g/mol. The van der Waals surface area contributed by atoms with Crippen LogP contribution in [0.5, 0.6) is 5.75 Å². The predicted molar refractivity (Wildman–Crippen MR) is 90.7 cm³/mol. The Kier molecular flexibility index (Phi) is 4.57. The average Bonchev–Trinajstić information content (AvgIpc) is 2.95. The highest BCUT2D eigenvalue weighted by molar-refractivity contribution is 7.89. The summed E-state index contributed by atoms with van der Waals surface area (Å²) in [6.07, 6.45) is 0.514. The van der Waals surface area contributed by atoms with E-state index >= 15 is 0 Å². The number of carbonyl (C=O) groups excluding carboxylic acids is 1. The molecule has 9 heteroatoms. The van der Waals surface area contributed by atoms with E-state index in [-0.39, 0.29) is 17.3 Å². The Morgan fingerprint density at radius 2 is 2.12 bits per heavy atom. The molecule has 7 nitrogen and oxygen atoms in total. The third-order valence-corrected chi connectivity index (χ3v) is 6.55. The van der Waals surface area contributed by atoms with E-state index in [0.29, 0.717) is 23.8 Å². The van der Waals surface area contributed by atoms with Gasteiger partial charge in [0.15, 0.2) is 5.13 Å². The van der Waals surface area contributed by atoms with Gasteiger partial charge in [-0.1, -0.05) is 12.1 Å². The summed E-state index contributed by atoms with van der Waals surface area (Å²) in [7, 11) is -2.21. The van der Waals surface area contributed by atoms with Crippen molar-refractivity contribution in [3.05, 3.63) is 34.8 Å². The van der Waals surface area contributed by atoms with Crippen molar-refractivity contribution in [2.24, 2.45) is 0 Å². The molecule has 0 aliphatic carbocycles. The van der Waals surface area contributed by atoms with Gasteiger partial charge >= 0.3 is 0 Å². The van der Waals surface area contributed by atoms with E-state index in [1.165, 1.54) is 29.7 Å². The highest BCUT2D eigenvalue weighted by Crippen LogP contribution is 2.33. The summed E-state index contributed by atoms with van der Waals surface area (Å²) in [6, 6.07) is 6.57. The number of rotatable bonds is 4. The number of para-hydroxylation sites is 1. The standard InChI is InChI=1S/C15H17N3O4S2/c1-10(19)16-15-17-11-7-8-18(9-13(11)23-15)24(20,21)14-6-4-3-5-12(14)22-2/h3-6H,7-9H2,1-2H3,(H,16,17,19). The van der Waals surface area contributed by atoms with Crippen LogP contribution in [0.25, 0.3) is 0 Å². The number of anilines is 1. The lowest BCUT2D eigenvalue weighted by atomic mass is 10.2. The Bertz CT molecular complexity index is 877. The molecule has 0 spiro atoms. The van der Waals surface area contributed by atoms with Gasteiger partial charge in [0.25, 0.3) is 0 Å². The van der Waals surface area contributed by atoms with Gasteiger partial charge in [-0.05, 0) is 12.1 Å². The van der Waals surface area contributed by atoms with Gasteiger partial charge in [-0.3, -0.25) is 4.79 Å². The first kappa shape index (κ1) is 16.9. The number of benzene rings is 1. The van der Waals surface area contributed by atoms with Crippen LogP contribution in [0.3, 0.4) is 0 Å². The minimum atomic E-state index is -3.66. The molecule has 0 atom stereocenters. The van der Waals surface area contributed by atoms with E-state index in [1.54, 1.807) is 24.3 Å². The molecule has 1 amide bonds. The molecular formula is C15H17N3O4S2. The van der Waals surface area contributed by atoms with E-state index < -0.39 is 10.0 Å². The molecule has 0 radical (unpaired) electrons. The van der Waals surface area contributed by atoms with Crippen molar-refractivity contribution in [2.45, 2.75) is 24.8 Å². The van der Waals surface area contributed by atoms with Crippen LogP contribution in [0.2, 0.25) is 0 Å². The SMILES string of the molecule is COc1ccccc1S(=O)(=O)N1CCc2nc(NC(C)=O)sc2C1. The number of fused-ring (bicyclic) bond motifs is 1. The lowest BCUT2D eigenvalue weighted by molar-refractivity contribution is -0.114. The number of nitrogens with one attached hydrogen (secondary N) is 1. The van der Waals surface area contributed by atoms with Gasteiger partial charge < -0.3 is 10.1 Å². The maximum Gasteiger partial charge on any atom is 0.247 e. The van der Waals surface area contributed by atoms with Gasteiger partial charge in [0, 0.05) is 24.8 Å². The second-order valence-electron chi connectivity index (χ2n) is 5.31. The third-order valence-electron chi connectivity index (χ3n) is 3.67. The van der Waals surface area contributed by atoms with Crippen LogP contribution in [-0.4, -0.2) is 37.3 Å². The zero-order valence-electron chi connectivity index (χ0n) is 13.3. The Morgan fingerprint density at radius 1 is 1.38 bits per heavy atom. The number of hydrogen-bond donors (Lipinski definition) is 1. The van der Waals surface area contributed by atoms with Gasteiger partial charge in [-0.15, -0.1) is 11.3 Å². The van der Waals surface area contributed by atoms with Crippen molar-refractivity contribution < 1.29 is 17.9 Å². The molecule has 0 bridgehead atoms. The van der Waals surface area contributed by atoms with Gasteiger partial charge in [0.1, 0.15) is 10.6 Å². The van der Waals surface area contributed by atoms with E-state index in [9.17, 15) is 13.2 Å². The molecule has 2 aromatic rings. The van der Waals surface area contributed by atoms with Crippen molar-refractivity contribution in [1.82, 2.24) is 9.29 Å². The highest BCUT2D eigenvalue weighted by atomic mass is 32.2. The van der Waals surface area contributed by atoms with Crippen molar-refractivity contribution >= 4 is 32.4 Å². The fourth-order valence-electron chi connectivity index (χ4n) is 2.55. The molecule has 0 unspecified atom stereocenters. The lowest BCUT2D eigenvalue weighted by Crippen LogP contribution is -2.35. The van der Waals surface area contributed by atoms with Crippen molar-refractivity contribution in [3.8, 4) is 5.75 Å². The minimum Gasteiger partial charge on any atom is -0.495 e. The molecule has 24 heavy (non-hydrogen) atoms. The van der Waals surface area contributed by atoms with Crippen LogP contribution in [0, 0.1) is 0 Å². The molecule has 0 saturated carbocycles. The first-order valence-corrected chi connectivity index (χ1v) is 9.57. The number of sulfonamides is 1. The number of nitrogens with zero attached hydrogens (tertiary/aromatic N) is 2. The van der Waals surface area contributed by atoms with Crippen LogP contribution in [0.4, 0.5) is 5.13 Å². The summed E-state index contributed by atoms with van der Waals surface area (Å²) in [5.74, 6) is 0.131. The summed E-state index contributed by atoms with van der Waals surface area (Å²) in [5, 5.41) is 3.15. The van der Waals surface area contributed by atoms with E-state index in [1.807, 2.05) is 0 Å². The number of amides is 1. The van der Waals surface area contributed by atoms with Crippen LogP contribution in [-0.2, 0) is 27.8 Å². The Labute approximate surface area is 144 Å². The van der Waals surface area contributed by atoms with Crippen molar-refractivity contribution in [2.75, 3.05) is 19.0 Å². The van der Waals surface area contributed by atoms with Crippen LogP contribution in [0.1, 0.15) is 17.5 Å². The maximum atomic E-state index is 12.9. The zero-order chi connectivity index (χ0) is 17.3. The largest absolute Gasteiger partial charge is 0.495 e. The fourth-order valence-corrected chi connectivity index (χ4v) is 5.27. The normalized spacial score (nSPS) is 14.9. The molecule has 1 aliphatic heterocycles. The van der Waals surface area contributed by atoms with E-state index in [0.717, 1.165) is 10.6 Å². The molecule has 1 N–H and O–H groups in total. The molecule has 3 rings (SSSR count). The lowest BCUT2D eigenvalue weighted by Gasteiger charge is -2.26. The molecule has 2 heterocycles. The second kappa shape index (κ2) is 6.50. The van der Waals surface area contributed by atoms with Gasteiger partial charge in [-0.2, -0.15) is 4.31 Å². The third kappa shape index (κ3) is 3.14. The minimum absolute atomic E-state index is 0.155. The summed E-state index contributed by atoms with van der Waals surface area (Å²) in [4.78, 5) is 16.5. The maximum absolute atomic E-state index is 12.9. The Hall–Kier alpha value is -1.97. The Morgan fingerprint density at radius 3 is 2.83 bits per heavy atom. The summed E-state index contributed by atoms with van der Waals surface area (Å²) < 4.78 is 32.4. The number of methoxy groups -OCH3 is 1. The number of thiazole rings is 1. The molecule has 1 aromatic heterocycles. The fraction of sp³-hybridized carbons (Fsp3) is 0.333. The predicted octanol–water partition coefficient (Wildman–Crippen LogP) is 1.86. The van der Waals surface area contributed by atoms with E-state index in [2.05, 4.69) is 10.3 Å². The topological polar surface area (TPSA) is 88.6 Å². The number of ether oxygens (including phenoxy) is 1. The van der Waals surface area contributed by atoms with Crippen LogP contribution < -0.4 is 10.1 Å². The van der Waals surface area contributed by atoms with Gasteiger partial charge in [-0.25, -0.2) is 13.4 Å². The molecule has 128 valence electrons. The van der Waals surface area contributed by atoms with Gasteiger partial charge in [0.2, 0.25) is 15.9 Å². The first-order valence-electron chi connectivity index (χ1n) is 7.31. The number of hydrogen-bond acceptors (Lipinski definition) is 6. The number of carbonyl (C=O) groups is 1. The quantitative estimate of drug-likeness (QED) is 0.891. The summed E-state index contributed by atoms with van der Waals surface area (Å²) in [6.45, 7) is 2.00. The smallest absolute Gasteiger partial charge is 0.247 e. The number of aromatic nitrogens is 1. The zero-order valence-corrected chi connectivity index (χ0v) is 14.9. The average molecular weight is 367 g/mol. The molecule has 1 aromatic carbocycles. The Balaban J connectivity index is 1.89. The van der Waals surface area contributed by atoms with Crippen molar-refractivity contribution in [3.63, 3.8) is 0 Å². The van der Waals surface area contributed by atoms with E-state index in [4.69, 9.17) is 4.74 Å². The molecular weight excluding hydrogens is 350 g/mol. The molecule has 1 aliphatic rings. The van der Waals surface area contributed by atoms with Crippen molar-refractivity contribution in [1.29, 1.82) is 0 Å². The van der Waals surface area contributed by atoms with Crippen LogP contribution >= 0.6 is 11.3 Å².